The molecule has 25 heavy (non-hydrogen) atoms. The van der Waals surface area contributed by atoms with Crippen LogP contribution >= 0.6 is 0 Å². The van der Waals surface area contributed by atoms with Crippen molar-refractivity contribution in [3.05, 3.63) is 35.4 Å². The number of halogens is 3. The number of alkyl halides is 3. The lowest BCUT2D eigenvalue weighted by Crippen LogP contribution is -2.56. The molecule has 0 radical (unpaired) electrons. The average molecular weight is 357 g/mol. The van der Waals surface area contributed by atoms with Gasteiger partial charge in [-0.3, -0.25) is 4.79 Å². The van der Waals surface area contributed by atoms with E-state index in [1.807, 2.05) is 0 Å². The van der Waals surface area contributed by atoms with Crippen molar-refractivity contribution in [2.75, 3.05) is 19.7 Å². The minimum absolute atomic E-state index is 0.0552. The Morgan fingerprint density at radius 1 is 1.32 bits per heavy atom. The molecular weight excluding hydrogens is 335 g/mol. The van der Waals surface area contributed by atoms with Crippen LogP contribution in [0, 0.1) is 0 Å². The Balaban J connectivity index is 1.60. The quantitative estimate of drug-likeness (QED) is 0.886. The number of carbonyl (C=O) groups excluding carboxylic acids is 1. The Morgan fingerprint density at radius 2 is 2.04 bits per heavy atom. The second-order valence-corrected chi connectivity index (χ2v) is 6.83. The summed E-state index contributed by atoms with van der Waals surface area (Å²) in [6, 6.07) is 4.88. The van der Waals surface area contributed by atoms with Crippen molar-refractivity contribution < 1.29 is 27.8 Å². The van der Waals surface area contributed by atoms with Gasteiger partial charge in [-0.15, -0.1) is 0 Å². The van der Waals surface area contributed by atoms with Crippen LogP contribution in [-0.2, 0) is 22.1 Å². The molecule has 3 rings (SSSR count). The minimum atomic E-state index is -4.41. The van der Waals surface area contributed by atoms with Gasteiger partial charge in [0.1, 0.15) is 0 Å². The van der Waals surface area contributed by atoms with Gasteiger partial charge in [-0.1, -0.05) is 18.2 Å². The Hall–Kier alpha value is -1.60. The molecule has 2 heterocycles. The number of aliphatic hydroxyl groups is 1. The van der Waals surface area contributed by atoms with Crippen LogP contribution in [-0.4, -0.2) is 47.3 Å². The Bertz CT molecular complexity index is 624. The molecule has 7 heteroatoms. The van der Waals surface area contributed by atoms with E-state index in [1.54, 1.807) is 4.90 Å². The fourth-order valence-electron chi connectivity index (χ4n) is 3.67. The standard InChI is InChI=1S/C18H22F3NO3/c19-18(20,21)14-4-1-3-13(11-14)12-16(24)22-8-6-17(7-9-22)15(23)5-2-10-25-17/h1,3-4,11,15,23H,2,5-10,12H2/t15-/m1/s1. The fraction of sp³-hybridized carbons (Fsp3) is 0.611. The number of piperidine rings is 1. The van der Waals surface area contributed by atoms with Gasteiger partial charge in [0.15, 0.2) is 0 Å². The molecule has 1 N–H and O–H groups in total. The lowest BCUT2D eigenvalue weighted by Gasteiger charge is -2.46. The highest BCUT2D eigenvalue weighted by molar-refractivity contribution is 5.79. The molecule has 0 aliphatic carbocycles. The van der Waals surface area contributed by atoms with Gasteiger partial charge in [-0.2, -0.15) is 13.2 Å². The van der Waals surface area contributed by atoms with E-state index in [9.17, 15) is 23.1 Å². The lowest BCUT2D eigenvalue weighted by atomic mass is 9.82. The number of rotatable bonds is 2. The van der Waals surface area contributed by atoms with E-state index < -0.39 is 23.4 Å². The first-order valence-electron chi connectivity index (χ1n) is 8.56. The molecule has 2 aliphatic rings. The first kappa shape index (κ1) is 18.2. The number of carbonyl (C=O) groups is 1. The number of nitrogens with zero attached hydrogens (tertiary/aromatic N) is 1. The summed E-state index contributed by atoms with van der Waals surface area (Å²) in [7, 11) is 0. The molecule has 0 saturated carbocycles. The summed E-state index contributed by atoms with van der Waals surface area (Å²) in [5.74, 6) is -0.195. The summed E-state index contributed by atoms with van der Waals surface area (Å²) < 4.78 is 44.1. The minimum Gasteiger partial charge on any atom is -0.390 e. The molecule has 1 aromatic rings. The highest BCUT2D eigenvalue weighted by Gasteiger charge is 2.44. The van der Waals surface area contributed by atoms with E-state index in [4.69, 9.17) is 4.74 Å². The smallest absolute Gasteiger partial charge is 0.390 e. The molecule has 0 aromatic heterocycles. The number of amides is 1. The van der Waals surface area contributed by atoms with Crippen molar-refractivity contribution in [2.24, 2.45) is 0 Å². The van der Waals surface area contributed by atoms with Gasteiger partial charge in [0, 0.05) is 19.7 Å². The molecule has 2 aliphatic heterocycles. The van der Waals surface area contributed by atoms with Crippen molar-refractivity contribution in [1.82, 2.24) is 4.90 Å². The van der Waals surface area contributed by atoms with Gasteiger partial charge in [-0.05, 0) is 37.3 Å². The van der Waals surface area contributed by atoms with E-state index in [0.29, 0.717) is 44.5 Å². The van der Waals surface area contributed by atoms with Crippen LogP contribution in [0.25, 0.3) is 0 Å². The van der Waals surface area contributed by atoms with E-state index in [-0.39, 0.29) is 12.3 Å². The van der Waals surface area contributed by atoms with Crippen LogP contribution in [0.15, 0.2) is 24.3 Å². The van der Waals surface area contributed by atoms with Crippen molar-refractivity contribution in [1.29, 1.82) is 0 Å². The third-order valence-corrected chi connectivity index (χ3v) is 5.19. The topological polar surface area (TPSA) is 49.8 Å². The molecule has 1 amide bonds. The van der Waals surface area contributed by atoms with Gasteiger partial charge >= 0.3 is 6.18 Å². The monoisotopic (exact) mass is 357 g/mol. The Kier molecular flexibility index (Phi) is 5.06. The number of hydrogen-bond acceptors (Lipinski definition) is 3. The second kappa shape index (κ2) is 6.96. The van der Waals surface area contributed by atoms with Crippen molar-refractivity contribution >= 4 is 5.91 Å². The summed E-state index contributed by atoms with van der Waals surface area (Å²) in [4.78, 5) is 14.1. The molecule has 4 nitrogen and oxygen atoms in total. The zero-order valence-corrected chi connectivity index (χ0v) is 13.9. The maximum Gasteiger partial charge on any atom is 0.416 e. The van der Waals surface area contributed by atoms with Crippen LogP contribution in [0.2, 0.25) is 0 Å². The summed E-state index contributed by atoms with van der Waals surface area (Å²) in [5.41, 5.74) is -0.950. The highest BCUT2D eigenvalue weighted by Crippen LogP contribution is 2.35. The molecular formula is C18H22F3NO3. The average Bonchev–Trinajstić information content (AvgIpc) is 2.58. The Labute approximate surface area is 144 Å². The van der Waals surface area contributed by atoms with E-state index in [1.165, 1.54) is 12.1 Å². The zero-order chi connectivity index (χ0) is 18.1. The van der Waals surface area contributed by atoms with Gasteiger partial charge in [0.25, 0.3) is 0 Å². The van der Waals surface area contributed by atoms with E-state index in [2.05, 4.69) is 0 Å². The normalized spacial score (nSPS) is 23.7. The highest BCUT2D eigenvalue weighted by atomic mass is 19.4. The number of aliphatic hydroxyl groups excluding tert-OH is 1. The third kappa shape index (κ3) is 3.98. The molecule has 2 saturated heterocycles. The third-order valence-electron chi connectivity index (χ3n) is 5.19. The molecule has 1 aromatic carbocycles. The van der Waals surface area contributed by atoms with Gasteiger partial charge < -0.3 is 14.7 Å². The van der Waals surface area contributed by atoms with Crippen LogP contribution in [0.1, 0.15) is 36.8 Å². The van der Waals surface area contributed by atoms with Gasteiger partial charge in [0.05, 0.1) is 23.7 Å². The number of likely N-dealkylation sites (tertiary alicyclic amines) is 1. The van der Waals surface area contributed by atoms with Crippen LogP contribution in [0.5, 0.6) is 0 Å². The summed E-state index contributed by atoms with van der Waals surface area (Å²) in [6.45, 7) is 1.53. The summed E-state index contributed by atoms with van der Waals surface area (Å²) in [6.07, 6.45) is -2.32. The van der Waals surface area contributed by atoms with Crippen molar-refractivity contribution in [2.45, 2.75) is 50.0 Å². The fourth-order valence-corrected chi connectivity index (χ4v) is 3.67. The predicted molar refractivity (Wildman–Crippen MR) is 84.9 cm³/mol. The molecule has 1 atom stereocenters. The first-order valence-corrected chi connectivity index (χ1v) is 8.56. The number of hydrogen-bond donors (Lipinski definition) is 1. The van der Waals surface area contributed by atoms with Crippen LogP contribution in [0.4, 0.5) is 13.2 Å². The Morgan fingerprint density at radius 3 is 2.68 bits per heavy atom. The molecule has 1 spiro atoms. The van der Waals surface area contributed by atoms with E-state index in [0.717, 1.165) is 18.6 Å². The van der Waals surface area contributed by atoms with Crippen LogP contribution in [0.3, 0.4) is 0 Å². The SMILES string of the molecule is O=C(Cc1cccc(C(F)(F)F)c1)N1CCC2(CC1)OCCC[C@H]2O. The number of benzene rings is 1. The molecule has 2 fully saturated rings. The first-order chi connectivity index (χ1) is 11.8. The molecule has 0 bridgehead atoms. The zero-order valence-electron chi connectivity index (χ0n) is 13.9. The summed E-state index contributed by atoms with van der Waals surface area (Å²) in [5, 5.41) is 10.2. The van der Waals surface area contributed by atoms with E-state index >= 15 is 0 Å². The van der Waals surface area contributed by atoms with Gasteiger partial charge in [0.2, 0.25) is 5.91 Å². The van der Waals surface area contributed by atoms with Crippen molar-refractivity contribution in [3.63, 3.8) is 0 Å². The lowest BCUT2D eigenvalue weighted by molar-refractivity contribution is -0.179. The second-order valence-electron chi connectivity index (χ2n) is 6.83. The number of ether oxygens (including phenoxy) is 1. The largest absolute Gasteiger partial charge is 0.416 e. The predicted octanol–water partition coefficient (Wildman–Crippen LogP) is 2.78. The maximum absolute atomic E-state index is 12.8. The van der Waals surface area contributed by atoms with Gasteiger partial charge in [-0.25, -0.2) is 0 Å². The van der Waals surface area contributed by atoms with Crippen LogP contribution < -0.4 is 0 Å². The maximum atomic E-state index is 12.8. The molecule has 0 unspecified atom stereocenters. The summed E-state index contributed by atoms with van der Waals surface area (Å²) >= 11 is 0. The van der Waals surface area contributed by atoms with Crippen molar-refractivity contribution in [3.8, 4) is 0 Å². The molecule has 138 valence electrons.